The minimum atomic E-state index is -0.492. The van der Waals surface area contributed by atoms with Crippen molar-refractivity contribution in [3.8, 4) is 11.8 Å². The van der Waals surface area contributed by atoms with Crippen LogP contribution in [0.4, 0.5) is 10.1 Å². The first-order chi connectivity index (χ1) is 14.0. The predicted octanol–water partition coefficient (Wildman–Crippen LogP) is 5.26. The summed E-state index contributed by atoms with van der Waals surface area (Å²) in [5.41, 5.74) is 2.74. The summed E-state index contributed by atoms with van der Waals surface area (Å²) < 4.78 is 19.4. The van der Waals surface area contributed by atoms with Crippen LogP contribution in [0, 0.1) is 24.1 Å². The zero-order valence-electron chi connectivity index (χ0n) is 15.9. The molecule has 0 aliphatic heterocycles. The Labute approximate surface area is 168 Å². The fourth-order valence-corrected chi connectivity index (χ4v) is 2.62. The van der Waals surface area contributed by atoms with Crippen molar-refractivity contribution in [2.24, 2.45) is 0 Å². The van der Waals surface area contributed by atoms with Crippen molar-refractivity contribution in [2.45, 2.75) is 13.5 Å². The fraction of sp³-hybridized carbons (Fsp3) is 0.0833. The van der Waals surface area contributed by atoms with Gasteiger partial charge < -0.3 is 10.1 Å². The van der Waals surface area contributed by atoms with Gasteiger partial charge in [0.1, 0.15) is 29.8 Å². The number of rotatable bonds is 6. The number of benzene rings is 3. The monoisotopic (exact) mass is 386 g/mol. The highest BCUT2D eigenvalue weighted by molar-refractivity contribution is 6.09. The van der Waals surface area contributed by atoms with Gasteiger partial charge in [0.15, 0.2) is 0 Å². The highest BCUT2D eigenvalue weighted by atomic mass is 19.1. The van der Waals surface area contributed by atoms with E-state index in [2.05, 4.69) is 5.32 Å². The Kier molecular flexibility index (Phi) is 6.39. The third-order valence-corrected chi connectivity index (χ3v) is 4.20. The third-order valence-electron chi connectivity index (χ3n) is 4.20. The van der Waals surface area contributed by atoms with Crippen LogP contribution in [-0.2, 0) is 11.4 Å². The van der Waals surface area contributed by atoms with Crippen LogP contribution < -0.4 is 10.1 Å². The molecule has 0 atom stereocenters. The smallest absolute Gasteiger partial charge is 0.266 e. The second-order valence-electron chi connectivity index (χ2n) is 6.44. The Morgan fingerprint density at radius 1 is 1.10 bits per heavy atom. The summed E-state index contributed by atoms with van der Waals surface area (Å²) in [5.74, 6) is -0.310. The number of nitrogens with one attached hydrogen (secondary N) is 1. The van der Waals surface area contributed by atoms with Gasteiger partial charge >= 0.3 is 0 Å². The largest absolute Gasteiger partial charge is 0.489 e. The number of anilines is 1. The molecule has 3 rings (SSSR count). The van der Waals surface area contributed by atoms with Crippen molar-refractivity contribution in [3.63, 3.8) is 0 Å². The normalized spacial score (nSPS) is 10.9. The van der Waals surface area contributed by atoms with Crippen molar-refractivity contribution >= 4 is 17.7 Å². The molecule has 3 aromatic rings. The number of hydrogen-bond acceptors (Lipinski definition) is 3. The van der Waals surface area contributed by atoms with E-state index in [0.717, 1.165) is 5.56 Å². The van der Waals surface area contributed by atoms with Crippen molar-refractivity contribution in [2.75, 3.05) is 5.32 Å². The van der Waals surface area contributed by atoms with Gasteiger partial charge in [-0.05, 0) is 48.9 Å². The maximum absolute atomic E-state index is 13.7. The van der Waals surface area contributed by atoms with Gasteiger partial charge in [-0.15, -0.1) is 0 Å². The second kappa shape index (κ2) is 9.34. The van der Waals surface area contributed by atoms with Crippen LogP contribution >= 0.6 is 0 Å². The van der Waals surface area contributed by atoms with E-state index in [-0.39, 0.29) is 18.0 Å². The van der Waals surface area contributed by atoms with Gasteiger partial charge in [0, 0.05) is 11.3 Å². The predicted molar refractivity (Wildman–Crippen MR) is 111 cm³/mol. The minimum Gasteiger partial charge on any atom is -0.489 e. The lowest BCUT2D eigenvalue weighted by molar-refractivity contribution is -0.112. The lowest BCUT2D eigenvalue weighted by Gasteiger charge is -2.08. The molecule has 0 radical (unpaired) electrons. The van der Waals surface area contributed by atoms with Gasteiger partial charge in [0.25, 0.3) is 5.91 Å². The number of halogens is 1. The van der Waals surface area contributed by atoms with E-state index in [4.69, 9.17) is 4.74 Å². The molecule has 1 amide bonds. The van der Waals surface area contributed by atoms with Crippen LogP contribution in [0.3, 0.4) is 0 Å². The number of hydrogen-bond donors (Lipinski definition) is 1. The summed E-state index contributed by atoms with van der Waals surface area (Å²) >= 11 is 0. The minimum absolute atomic E-state index is 0.0307. The number of amides is 1. The molecule has 0 aliphatic rings. The SMILES string of the molecule is Cc1ccc(NC(=O)/C(C#N)=C/c2cccc(OCc3ccccc3F)c2)cc1. The van der Waals surface area contributed by atoms with E-state index in [1.165, 1.54) is 12.1 Å². The van der Waals surface area contributed by atoms with E-state index in [1.807, 2.05) is 25.1 Å². The average Bonchev–Trinajstić information content (AvgIpc) is 2.73. The van der Waals surface area contributed by atoms with E-state index in [9.17, 15) is 14.4 Å². The Morgan fingerprint density at radius 2 is 1.86 bits per heavy atom. The average molecular weight is 386 g/mol. The highest BCUT2D eigenvalue weighted by Gasteiger charge is 2.10. The molecule has 29 heavy (non-hydrogen) atoms. The van der Waals surface area contributed by atoms with Crippen molar-refractivity contribution in [1.82, 2.24) is 0 Å². The number of carbonyl (C=O) groups excluding carboxylic acids is 1. The summed E-state index contributed by atoms with van der Waals surface area (Å²) in [5, 5.41) is 12.1. The van der Waals surface area contributed by atoms with Gasteiger partial charge in [0.05, 0.1) is 0 Å². The fourth-order valence-electron chi connectivity index (χ4n) is 2.62. The van der Waals surface area contributed by atoms with Gasteiger partial charge in [-0.1, -0.05) is 48.0 Å². The molecule has 1 N–H and O–H groups in total. The first-order valence-corrected chi connectivity index (χ1v) is 9.01. The van der Waals surface area contributed by atoms with Crippen LogP contribution in [0.2, 0.25) is 0 Å². The topological polar surface area (TPSA) is 62.1 Å². The van der Waals surface area contributed by atoms with Crippen LogP contribution in [0.5, 0.6) is 5.75 Å². The molecule has 3 aromatic carbocycles. The lowest BCUT2D eigenvalue weighted by Crippen LogP contribution is -2.13. The van der Waals surface area contributed by atoms with Gasteiger partial charge in [-0.3, -0.25) is 4.79 Å². The Morgan fingerprint density at radius 3 is 2.59 bits per heavy atom. The molecular weight excluding hydrogens is 367 g/mol. The molecule has 4 nitrogen and oxygen atoms in total. The van der Waals surface area contributed by atoms with Gasteiger partial charge in [-0.2, -0.15) is 5.26 Å². The second-order valence-corrected chi connectivity index (χ2v) is 6.44. The van der Waals surface area contributed by atoms with Gasteiger partial charge in [0.2, 0.25) is 0 Å². The molecule has 0 saturated heterocycles. The number of nitrogens with zero attached hydrogens (tertiary/aromatic N) is 1. The molecule has 5 heteroatoms. The number of nitriles is 1. The van der Waals surface area contributed by atoms with Crippen LogP contribution in [-0.4, -0.2) is 5.91 Å². The number of carbonyl (C=O) groups is 1. The molecule has 0 unspecified atom stereocenters. The molecule has 144 valence electrons. The van der Waals surface area contributed by atoms with E-state index < -0.39 is 5.91 Å². The lowest BCUT2D eigenvalue weighted by atomic mass is 10.1. The van der Waals surface area contributed by atoms with Crippen LogP contribution in [0.1, 0.15) is 16.7 Å². The third kappa shape index (κ3) is 5.53. The maximum Gasteiger partial charge on any atom is 0.266 e. The molecule has 0 aromatic heterocycles. The van der Waals surface area contributed by atoms with Crippen molar-refractivity contribution in [1.29, 1.82) is 5.26 Å². The van der Waals surface area contributed by atoms with Crippen molar-refractivity contribution in [3.05, 3.63) is 101 Å². The molecule has 0 fully saturated rings. The van der Waals surface area contributed by atoms with E-state index in [0.29, 0.717) is 22.6 Å². The first kappa shape index (κ1) is 19.8. The standard InChI is InChI=1S/C24H19FN2O2/c1-17-9-11-21(12-10-17)27-24(28)20(15-26)13-18-5-4-7-22(14-18)29-16-19-6-2-3-8-23(19)25/h2-14H,16H2,1H3,(H,27,28)/b20-13+. The summed E-state index contributed by atoms with van der Waals surface area (Å²) in [6.07, 6.45) is 1.49. The van der Waals surface area contributed by atoms with Gasteiger partial charge in [-0.25, -0.2) is 4.39 Å². The molecule has 0 heterocycles. The Balaban J connectivity index is 1.71. The first-order valence-electron chi connectivity index (χ1n) is 9.01. The Hall–Kier alpha value is -3.91. The van der Waals surface area contributed by atoms with Crippen LogP contribution in [0.25, 0.3) is 6.08 Å². The van der Waals surface area contributed by atoms with Crippen molar-refractivity contribution < 1.29 is 13.9 Å². The van der Waals surface area contributed by atoms with E-state index >= 15 is 0 Å². The Bertz CT molecular complexity index is 1080. The molecule has 0 aliphatic carbocycles. The van der Waals surface area contributed by atoms with Crippen LogP contribution in [0.15, 0.2) is 78.4 Å². The number of aryl methyl sites for hydroxylation is 1. The summed E-state index contributed by atoms with van der Waals surface area (Å²) in [6, 6.07) is 22.6. The highest BCUT2D eigenvalue weighted by Crippen LogP contribution is 2.19. The summed E-state index contributed by atoms with van der Waals surface area (Å²) in [7, 11) is 0. The summed E-state index contributed by atoms with van der Waals surface area (Å²) in [4.78, 5) is 12.4. The molecule has 0 spiro atoms. The zero-order valence-corrected chi connectivity index (χ0v) is 15.9. The van der Waals surface area contributed by atoms with E-state index in [1.54, 1.807) is 54.6 Å². The number of ether oxygens (including phenoxy) is 1. The maximum atomic E-state index is 13.7. The quantitative estimate of drug-likeness (QED) is 0.464. The molecule has 0 saturated carbocycles. The molecular formula is C24H19FN2O2. The summed E-state index contributed by atoms with van der Waals surface area (Å²) in [6.45, 7) is 2.03. The zero-order chi connectivity index (χ0) is 20.6. The molecule has 0 bridgehead atoms.